The first-order valence-electron chi connectivity index (χ1n) is 4.69. The molecule has 3 nitrogen and oxygen atoms in total. The van der Waals surface area contributed by atoms with Gasteiger partial charge in [-0.25, -0.2) is 0 Å². The zero-order chi connectivity index (χ0) is 10.5. The quantitative estimate of drug-likeness (QED) is 0.389. The molecule has 1 unspecified atom stereocenters. The Bertz CT molecular complexity index is 172. The van der Waals surface area contributed by atoms with Gasteiger partial charge in [0.05, 0.1) is 11.6 Å². The van der Waals surface area contributed by atoms with E-state index in [0.29, 0.717) is 6.61 Å². The largest absolute Gasteiger partial charge is 0.374 e. The van der Waals surface area contributed by atoms with Crippen LogP contribution in [0.4, 0.5) is 0 Å². The molecule has 0 saturated heterocycles. The van der Waals surface area contributed by atoms with Gasteiger partial charge in [0.15, 0.2) is 0 Å². The van der Waals surface area contributed by atoms with Crippen LogP contribution in [0, 0.1) is 0 Å². The van der Waals surface area contributed by atoms with Crippen molar-refractivity contribution in [3.63, 3.8) is 0 Å². The predicted octanol–water partition coefficient (Wildman–Crippen LogP) is 1.60. The number of nitrogens with two attached hydrogens (primary N) is 1. The second-order valence-electron chi connectivity index (χ2n) is 3.92. The third-order valence-corrected chi connectivity index (χ3v) is 1.94. The van der Waals surface area contributed by atoms with Crippen molar-refractivity contribution < 1.29 is 4.74 Å². The summed E-state index contributed by atoms with van der Waals surface area (Å²) in [5.74, 6) is 5.46. The Morgan fingerprint density at radius 2 is 2.08 bits per heavy atom. The highest BCUT2D eigenvalue weighted by Crippen LogP contribution is 2.16. The second-order valence-corrected chi connectivity index (χ2v) is 3.92. The van der Waals surface area contributed by atoms with Crippen molar-refractivity contribution in [2.45, 2.75) is 46.3 Å². The lowest BCUT2D eigenvalue weighted by Gasteiger charge is -2.32. The van der Waals surface area contributed by atoms with Gasteiger partial charge in [0.1, 0.15) is 0 Å². The average Bonchev–Trinajstić information content (AvgIpc) is 1.99. The van der Waals surface area contributed by atoms with Crippen molar-refractivity contribution in [1.82, 2.24) is 5.43 Å². The smallest absolute Gasteiger partial charge is 0.0827 e. The Labute approximate surface area is 81.3 Å². The lowest BCUT2D eigenvalue weighted by molar-refractivity contribution is -0.0269. The van der Waals surface area contributed by atoms with Crippen LogP contribution in [0.1, 0.15) is 34.6 Å². The fourth-order valence-electron chi connectivity index (χ4n) is 1.24. The van der Waals surface area contributed by atoms with E-state index in [1.54, 1.807) is 0 Å². The van der Waals surface area contributed by atoms with Gasteiger partial charge in [-0.05, 0) is 34.6 Å². The van der Waals surface area contributed by atoms with Crippen LogP contribution >= 0.6 is 0 Å². The number of nitrogens with one attached hydrogen (secondary N) is 1. The molecule has 1 atom stereocenters. The van der Waals surface area contributed by atoms with Gasteiger partial charge in [0.25, 0.3) is 0 Å². The molecule has 0 aromatic rings. The highest BCUT2D eigenvalue weighted by Gasteiger charge is 2.27. The van der Waals surface area contributed by atoms with E-state index in [0.717, 1.165) is 0 Å². The molecule has 0 aromatic heterocycles. The molecule has 0 saturated carbocycles. The van der Waals surface area contributed by atoms with Gasteiger partial charge in [0, 0.05) is 6.61 Å². The number of hydrazine groups is 1. The number of allylic oxidation sites excluding steroid dienone is 1. The maximum Gasteiger partial charge on any atom is 0.0827 e. The van der Waals surface area contributed by atoms with Crippen LogP contribution in [0.15, 0.2) is 11.6 Å². The summed E-state index contributed by atoms with van der Waals surface area (Å²) in [6.07, 6.45) is 2.08. The summed E-state index contributed by atoms with van der Waals surface area (Å²) in [5.41, 5.74) is 3.73. The van der Waals surface area contributed by atoms with E-state index in [9.17, 15) is 0 Å². The first-order chi connectivity index (χ1) is 5.94. The maximum atomic E-state index is 5.60. The van der Waals surface area contributed by atoms with Crippen molar-refractivity contribution >= 4 is 0 Å². The van der Waals surface area contributed by atoms with Gasteiger partial charge in [-0.1, -0.05) is 11.6 Å². The van der Waals surface area contributed by atoms with E-state index in [4.69, 9.17) is 10.6 Å². The standard InChI is InChI=1S/C10H22N2O/c1-6-13-10(4,5)9(12-11)7-8(2)3/h7,9,12H,6,11H2,1-5H3. The lowest BCUT2D eigenvalue weighted by atomic mass is 9.97. The molecule has 0 heterocycles. The maximum absolute atomic E-state index is 5.60. The molecule has 13 heavy (non-hydrogen) atoms. The Hall–Kier alpha value is -0.380. The van der Waals surface area contributed by atoms with Gasteiger partial charge in [-0.3, -0.25) is 11.3 Å². The van der Waals surface area contributed by atoms with Crippen molar-refractivity contribution in [2.24, 2.45) is 5.84 Å². The van der Waals surface area contributed by atoms with Crippen LogP contribution in [-0.4, -0.2) is 18.2 Å². The molecule has 78 valence electrons. The van der Waals surface area contributed by atoms with Gasteiger partial charge in [-0.15, -0.1) is 0 Å². The van der Waals surface area contributed by atoms with E-state index < -0.39 is 0 Å². The lowest BCUT2D eigenvalue weighted by Crippen LogP contribution is -2.50. The molecule has 0 aromatic carbocycles. The number of hydrogen-bond acceptors (Lipinski definition) is 3. The van der Waals surface area contributed by atoms with Crippen molar-refractivity contribution in [1.29, 1.82) is 0 Å². The van der Waals surface area contributed by atoms with Gasteiger partial charge < -0.3 is 4.74 Å². The second kappa shape index (κ2) is 5.37. The van der Waals surface area contributed by atoms with Crippen LogP contribution in [-0.2, 0) is 4.74 Å². The van der Waals surface area contributed by atoms with Crippen LogP contribution in [0.3, 0.4) is 0 Å². The molecule has 0 aliphatic carbocycles. The molecule has 0 rings (SSSR count). The van der Waals surface area contributed by atoms with Gasteiger partial charge in [-0.2, -0.15) is 0 Å². The molecule has 0 bridgehead atoms. The summed E-state index contributed by atoms with van der Waals surface area (Å²) >= 11 is 0. The first kappa shape index (κ1) is 12.6. The van der Waals surface area contributed by atoms with Crippen LogP contribution < -0.4 is 11.3 Å². The Balaban J connectivity index is 4.46. The van der Waals surface area contributed by atoms with E-state index in [1.807, 2.05) is 34.6 Å². The zero-order valence-corrected chi connectivity index (χ0v) is 9.35. The van der Waals surface area contributed by atoms with Gasteiger partial charge >= 0.3 is 0 Å². The minimum Gasteiger partial charge on any atom is -0.374 e. The van der Waals surface area contributed by atoms with Crippen LogP contribution in [0.25, 0.3) is 0 Å². The van der Waals surface area contributed by atoms with Crippen LogP contribution in [0.2, 0.25) is 0 Å². The zero-order valence-electron chi connectivity index (χ0n) is 9.35. The average molecular weight is 186 g/mol. The summed E-state index contributed by atoms with van der Waals surface area (Å²) in [7, 11) is 0. The molecule has 3 N–H and O–H groups in total. The molecular formula is C10H22N2O. The fraction of sp³-hybridized carbons (Fsp3) is 0.800. The predicted molar refractivity (Wildman–Crippen MR) is 56.2 cm³/mol. The summed E-state index contributed by atoms with van der Waals surface area (Å²) in [6, 6.07) is 0.0532. The van der Waals surface area contributed by atoms with E-state index >= 15 is 0 Å². The van der Waals surface area contributed by atoms with Crippen molar-refractivity contribution in [3.8, 4) is 0 Å². The molecule has 0 aliphatic heterocycles. The molecule has 0 fully saturated rings. The normalized spacial score (nSPS) is 14.0. The minimum absolute atomic E-state index is 0.0532. The fourth-order valence-corrected chi connectivity index (χ4v) is 1.24. The van der Waals surface area contributed by atoms with Crippen LogP contribution in [0.5, 0.6) is 0 Å². The molecule has 0 spiro atoms. The highest BCUT2D eigenvalue weighted by molar-refractivity contribution is 5.06. The SMILES string of the molecule is CCOC(C)(C)C(C=C(C)C)NN. The van der Waals surface area contributed by atoms with Crippen molar-refractivity contribution in [2.75, 3.05) is 6.61 Å². The minimum atomic E-state index is -0.263. The summed E-state index contributed by atoms with van der Waals surface area (Å²) in [5, 5.41) is 0. The van der Waals surface area contributed by atoms with E-state index in [2.05, 4.69) is 11.5 Å². The monoisotopic (exact) mass is 186 g/mol. The summed E-state index contributed by atoms with van der Waals surface area (Å²) < 4.78 is 5.60. The molecule has 0 radical (unpaired) electrons. The Kier molecular flexibility index (Phi) is 5.21. The third kappa shape index (κ3) is 4.41. The van der Waals surface area contributed by atoms with Gasteiger partial charge in [0.2, 0.25) is 0 Å². The Morgan fingerprint density at radius 3 is 2.38 bits per heavy atom. The highest BCUT2D eigenvalue weighted by atomic mass is 16.5. The Morgan fingerprint density at radius 1 is 1.54 bits per heavy atom. The van der Waals surface area contributed by atoms with E-state index in [1.165, 1.54) is 5.57 Å². The van der Waals surface area contributed by atoms with Crippen molar-refractivity contribution in [3.05, 3.63) is 11.6 Å². The molecule has 0 amide bonds. The summed E-state index contributed by atoms with van der Waals surface area (Å²) in [6.45, 7) is 10.8. The molecular weight excluding hydrogens is 164 g/mol. The molecule has 0 aliphatic rings. The van der Waals surface area contributed by atoms with E-state index in [-0.39, 0.29) is 11.6 Å². The topological polar surface area (TPSA) is 47.3 Å². The first-order valence-corrected chi connectivity index (χ1v) is 4.69. The number of rotatable bonds is 5. The number of hydrogen-bond donors (Lipinski definition) is 2. The summed E-state index contributed by atoms with van der Waals surface area (Å²) in [4.78, 5) is 0. The number of ether oxygens (including phenoxy) is 1. The third-order valence-electron chi connectivity index (χ3n) is 1.94. The molecule has 3 heteroatoms.